The van der Waals surface area contributed by atoms with Crippen molar-refractivity contribution >= 4 is 27.6 Å². The maximum atomic E-state index is 12.7. The first-order chi connectivity index (χ1) is 12.4. The third-order valence-electron chi connectivity index (χ3n) is 5.52. The van der Waals surface area contributed by atoms with Gasteiger partial charge in [0.1, 0.15) is 0 Å². The fraction of sp³-hybridized carbons (Fsp3) is 0.526. The van der Waals surface area contributed by atoms with Crippen LogP contribution in [0.2, 0.25) is 5.02 Å². The molecular formula is C19H24ClNO4S. The minimum absolute atomic E-state index is 0.0925. The van der Waals surface area contributed by atoms with Crippen LogP contribution in [0, 0.1) is 17.8 Å². The number of sulfonamides is 1. The summed E-state index contributed by atoms with van der Waals surface area (Å²) in [4.78, 5) is 10.8. The van der Waals surface area contributed by atoms with Gasteiger partial charge in [-0.3, -0.25) is 4.79 Å². The Balaban J connectivity index is 1.67. The number of nitrogens with one attached hydrogen (secondary N) is 1. The molecule has 0 heterocycles. The second-order valence-corrected chi connectivity index (χ2v) is 9.38. The molecule has 2 N–H and O–H groups in total. The van der Waals surface area contributed by atoms with Crippen LogP contribution in [0.1, 0.15) is 38.5 Å². The molecule has 2 bridgehead atoms. The number of unbranched alkanes of at least 4 members (excludes halogenated alkanes) is 1. The Morgan fingerprint density at radius 1 is 1.23 bits per heavy atom. The molecule has 0 spiro atoms. The van der Waals surface area contributed by atoms with E-state index in [0.29, 0.717) is 29.7 Å². The van der Waals surface area contributed by atoms with Crippen LogP contribution < -0.4 is 4.72 Å². The number of fused-ring (bicyclic) bond motifs is 2. The predicted molar refractivity (Wildman–Crippen MR) is 101 cm³/mol. The lowest BCUT2D eigenvalue weighted by Crippen LogP contribution is -2.43. The van der Waals surface area contributed by atoms with Crippen molar-refractivity contribution < 1.29 is 18.3 Å². The van der Waals surface area contributed by atoms with Gasteiger partial charge < -0.3 is 5.11 Å². The van der Waals surface area contributed by atoms with Crippen molar-refractivity contribution in [1.82, 2.24) is 4.72 Å². The van der Waals surface area contributed by atoms with Gasteiger partial charge >= 0.3 is 5.97 Å². The van der Waals surface area contributed by atoms with E-state index in [1.54, 1.807) is 12.1 Å². The molecule has 142 valence electrons. The van der Waals surface area contributed by atoms with Gasteiger partial charge in [-0.1, -0.05) is 23.8 Å². The quantitative estimate of drug-likeness (QED) is 0.515. The molecule has 0 radical (unpaired) electrons. The van der Waals surface area contributed by atoms with Gasteiger partial charge in [0.15, 0.2) is 0 Å². The molecule has 2 aliphatic carbocycles. The Kier molecular flexibility index (Phi) is 6.05. The molecule has 1 aromatic carbocycles. The van der Waals surface area contributed by atoms with Gasteiger partial charge in [0.05, 0.1) is 4.90 Å². The van der Waals surface area contributed by atoms with E-state index in [4.69, 9.17) is 16.7 Å². The number of hydrogen-bond donors (Lipinski definition) is 2. The number of carbonyl (C=O) groups is 1. The van der Waals surface area contributed by atoms with Crippen molar-refractivity contribution in [2.75, 3.05) is 0 Å². The second kappa shape index (κ2) is 8.11. The van der Waals surface area contributed by atoms with Gasteiger partial charge in [-0.2, -0.15) is 0 Å². The van der Waals surface area contributed by atoms with Crippen LogP contribution >= 0.6 is 11.6 Å². The van der Waals surface area contributed by atoms with Crippen molar-refractivity contribution in [3.8, 4) is 0 Å². The number of carboxylic acids is 1. The van der Waals surface area contributed by atoms with E-state index < -0.39 is 16.0 Å². The van der Waals surface area contributed by atoms with E-state index in [1.165, 1.54) is 12.1 Å². The van der Waals surface area contributed by atoms with Crippen LogP contribution in [0.4, 0.5) is 0 Å². The zero-order valence-corrected chi connectivity index (χ0v) is 16.0. The van der Waals surface area contributed by atoms with Gasteiger partial charge in [-0.25, -0.2) is 13.1 Å². The average molecular weight is 398 g/mol. The number of halogens is 1. The summed E-state index contributed by atoms with van der Waals surface area (Å²) in [5, 5.41) is 9.20. The van der Waals surface area contributed by atoms with Crippen molar-refractivity contribution in [2.24, 2.45) is 17.8 Å². The van der Waals surface area contributed by atoms with Crippen molar-refractivity contribution in [3.63, 3.8) is 0 Å². The number of hydrogen-bond acceptors (Lipinski definition) is 3. The predicted octanol–water partition coefficient (Wildman–Crippen LogP) is 3.84. The SMILES string of the molecule is O=C(O)CCCC=CC1C2CCC(C2)C1NS(=O)(=O)c1ccc(Cl)cc1. The lowest BCUT2D eigenvalue weighted by Gasteiger charge is -2.29. The molecule has 3 rings (SSSR count). The molecule has 2 aliphatic rings. The third kappa shape index (κ3) is 4.48. The summed E-state index contributed by atoms with van der Waals surface area (Å²) >= 11 is 5.85. The summed E-state index contributed by atoms with van der Waals surface area (Å²) in [5.41, 5.74) is 0. The molecule has 4 atom stereocenters. The highest BCUT2D eigenvalue weighted by Gasteiger charge is 2.47. The molecule has 0 saturated heterocycles. The van der Waals surface area contributed by atoms with E-state index in [-0.39, 0.29) is 23.3 Å². The van der Waals surface area contributed by atoms with Crippen LogP contribution in [-0.4, -0.2) is 25.5 Å². The first-order valence-corrected chi connectivity index (χ1v) is 10.9. The molecule has 0 amide bonds. The van der Waals surface area contributed by atoms with Gasteiger partial charge in [0, 0.05) is 17.5 Å². The van der Waals surface area contributed by atoms with Gasteiger partial charge in [-0.15, -0.1) is 0 Å². The lowest BCUT2D eigenvalue weighted by atomic mass is 9.84. The highest BCUT2D eigenvalue weighted by Crippen LogP contribution is 2.49. The minimum atomic E-state index is -3.58. The van der Waals surface area contributed by atoms with Crippen molar-refractivity contribution in [1.29, 1.82) is 0 Å². The first-order valence-electron chi connectivity index (χ1n) is 9.03. The smallest absolute Gasteiger partial charge is 0.303 e. The van der Waals surface area contributed by atoms with E-state index >= 15 is 0 Å². The second-order valence-electron chi connectivity index (χ2n) is 7.23. The maximum absolute atomic E-state index is 12.7. The molecule has 5 nitrogen and oxygen atoms in total. The topological polar surface area (TPSA) is 83.5 Å². The zero-order chi connectivity index (χ0) is 18.7. The molecule has 2 saturated carbocycles. The number of aliphatic carboxylic acids is 1. The zero-order valence-electron chi connectivity index (χ0n) is 14.5. The highest BCUT2D eigenvalue weighted by atomic mass is 35.5. The Hall–Kier alpha value is -1.37. The fourth-order valence-electron chi connectivity index (χ4n) is 4.27. The summed E-state index contributed by atoms with van der Waals surface area (Å²) < 4.78 is 28.4. The van der Waals surface area contributed by atoms with E-state index in [9.17, 15) is 13.2 Å². The number of rotatable bonds is 8. The molecular weight excluding hydrogens is 374 g/mol. The lowest BCUT2D eigenvalue weighted by molar-refractivity contribution is -0.137. The number of allylic oxidation sites excluding steroid dienone is 1. The maximum Gasteiger partial charge on any atom is 0.303 e. The summed E-state index contributed by atoms with van der Waals surface area (Å²) in [6, 6.07) is 6.11. The third-order valence-corrected chi connectivity index (χ3v) is 7.24. The van der Waals surface area contributed by atoms with Gasteiger partial charge in [0.2, 0.25) is 10.0 Å². The average Bonchev–Trinajstić information content (AvgIpc) is 3.17. The van der Waals surface area contributed by atoms with E-state index in [2.05, 4.69) is 10.8 Å². The first kappa shape index (κ1) is 19.4. The Morgan fingerprint density at radius 2 is 1.92 bits per heavy atom. The Bertz CT molecular complexity index is 775. The summed E-state index contributed by atoms with van der Waals surface area (Å²) in [6.07, 6.45) is 8.82. The summed E-state index contributed by atoms with van der Waals surface area (Å²) in [7, 11) is -3.58. The Morgan fingerprint density at radius 3 is 2.62 bits per heavy atom. The summed E-state index contributed by atoms with van der Waals surface area (Å²) in [6.45, 7) is 0. The fourth-order valence-corrected chi connectivity index (χ4v) is 5.74. The highest BCUT2D eigenvalue weighted by molar-refractivity contribution is 7.89. The molecule has 0 aromatic heterocycles. The van der Waals surface area contributed by atoms with Gasteiger partial charge in [-0.05, 0) is 74.1 Å². The van der Waals surface area contributed by atoms with Crippen LogP contribution in [0.15, 0.2) is 41.3 Å². The van der Waals surface area contributed by atoms with Crippen molar-refractivity contribution in [3.05, 3.63) is 41.4 Å². The molecule has 2 fully saturated rings. The van der Waals surface area contributed by atoms with E-state index in [1.807, 2.05) is 6.08 Å². The minimum Gasteiger partial charge on any atom is -0.481 e. The normalized spacial score (nSPS) is 28.0. The molecule has 4 unspecified atom stereocenters. The standard InChI is InChI=1S/C19H24ClNO4S/c20-15-8-10-16(11-9-15)26(24,25)21-19-14-7-6-13(12-14)17(19)4-2-1-3-5-18(22)23/h2,4,8-11,13-14,17,19,21H,1,3,5-7,12H2,(H,22,23). The molecule has 0 aliphatic heterocycles. The number of benzene rings is 1. The largest absolute Gasteiger partial charge is 0.481 e. The monoisotopic (exact) mass is 397 g/mol. The van der Waals surface area contributed by atoms with Crippen LogP contribution in [0.5, 0.6) is 0 Å². The summed E-state index contributed by atoms with van der Waals surface area (Å²) in [5.74, 6) is 0.275. The molecule has 7 heteroatoms. The van der Waals surface area contributed by atoms with Gasteiger partial charge in [0.25, 0.3) is 0 Å². The van der Waals surface area contributed by atoms with Crippen LogP contribution in [0.25, 0.3) is 0 Å². The molecule has 26 heavy (non-hydrogen) atoms. The number of carboxylic acid groups (broad SMARTS) is 1. The van der Waals surface area contributed by atoms with Crippen LogP contribution in [-0.2, 0) is 14.8 Å². The van der Waals surface area contributed by atoms with E-state index in [0.717, 1.165) is 19.3 Å². The van der Waals surface area contributed by atoms with Crippen LogP contribution in [0.3, 0.4) is 0 Å². The van der Waals surface area contributed by atoms with Crippen molar-refractivity contribution in [2.45, 2.75) is 49.5 Å². The Labute approximate surface area is 159 Å². The molecule has 1 aromatic rings.